The van der Waals surface area contributed by atoms with Gasteiger partial charge in [0, 0.05) is 36.8 Å². The van der Waals surface area contributed by atoms with Crippen LogP contribution in [0.15, 0.2) is 216 Å². The van der Waals surface area contributed by atoms with E-state index in [0.29, 0.717) is 60.2 Å². The minimum atomic E-state index is -1.54. The molecule has 8 aromatic carbocycles. The zero-order valence-electron chi connectivity index (χ0n) is 56.0. The fraction of sp³-hybridized carbons (Fsp3) is 0.203. The number of nitrogens with two attached hydrogens (primary N) is 1. The zero-order valence-corrected chi connectivity index (χ0v) is 59.9. The van der Waals surface area contributed by atoms with Crippen LogP contribution < -0.4 is 36.0 Å². The van der Waals surface area contributed by atoms with Crippen LogP contribution in [0.25, 0.3) is 67.2 Å². The van der Waals surface area contributed by atoms with Crippen molar-refractivity contribution in [1.82, 2.24) is 56.2 Å². The molecule has 100 heavy (non-hydrogen) atoms. The standard InChI is InChI=1S/C27H26N6O2.C20H21BrN2O2.C13H18BrNO.C7H7BN4O2.C7H4ClNO/c1-3-5-10-18-16-19(20-11-6-7-12-21(20)26-30-32-33-31-26)17-23(25(18)34-15-4-2)29-27-28-22-13-8-9-14-24(22)35-27;1-3-5-8-14-12-15(21)13-17(19(14)24-11-4-2)23-20-22-16-9-6-7-10-18(16)25-20;1-3-5-6-10-8-11(14)9-12(15)13(10)16-7-4-2;13-8(14)6-4-2-1-3-5(6)7-9-11-12-10-7;8-7-9-5-3-1-2-4-6(5)10-7/h3,5-9,11-14,16-17H,4,10,15H2,1-2H3,(H,28,29)(H,30,31,32,33);3,5-7,9-10,12-13H,4,8,11H2,1-2H3,(H,22,23);3,5,8-9H,4,6-7,15H2,1-2H3;1-4,13-14H,(H,9,10,11,12);1-4H/b3*5-3+;;. The summed E-state index contributed by atoms with van der Waals surface area (Å²) in [6.07, 6.45) is 17.6. The molecular formula is C74H76BBr2ClN14O8. The van der Waals surface area contributed by atoms with Gasteiger partial charge in [0.15, 0.2) is 16.7 Å². The van der Waals surface area contributed by atoms with Gasteiger partial charge in [0.2, 0.25) is 11.6 Å². The van der Waals surface area contributed by atoms with Crippen LogP contribution >= 0.6 is 43.5 Å². The summed E-state index contributed by atoms with van der Waals surface area (Å²) in [7, 11) is -1.54. The van der Waals surface area contributed by atoms with Crippen LogP contribution in [0.1, 0.15) is 77.5 Å². The third-order valence-electron chi connectivity index (χ3n) is 14.5. The van der Waals surface area contributed by atoms with Crippen molar-refractivity contribution in [2.24, 2.45) is 0 Å². The Morgan fingerprint density at radius 1 is 0.510 bits per heavy atom. The van der Waals surface area contributed by atoms with Gasteiger partial charge in [0.05, 0.1) is 36.9 Å². The van der Waals surface area contributed by atoms with Crippen molar-refractivity contribution >= 4 is 118 Å². The number of allylic oxidation sites excluding steroid dienone is 6. The number of H-pyrrole nitrogens is 2. The molecule has 0 unspecified atom stereocenters. The largest absolute Gasteiger partial charge is 0.491 e. The lowest BCUT2D eigenvalue weighted by Crippen LogP contribution is -2.31. The molecule has 5 aromatic heterocycles. The predicted octanol–water partition coefficient (Wildman–Crippen LogP) is 17.5. The fourth-order valence-electron chi connectivity index (χ4n) is 10.0. The van der Waals surface area contributed by atoms with Gasteiger partial charge in [-0.2, -0.15) is 25.4 Å². The van der Waals surface area contributed by atoms with Gasteiger partial charge >= 0.3 is 7.12 Å². The number of hydrogen-bond acceptors (Lipinski definition) is 20. The van der Waals surface area contributed by atoms with Gasteiger partial charge in [-0.25, -0.2) is 0 Å². The Kier molecular flexibility index (Phi) is 28.1. The maximum Gasteiger partial charge on any atom is 0.489 e. The van der Waals surface area contributed by atoms with Crippen molar-refractivity contribution in [2.75, 3.05) is 36.2 Å². The van der Waals surface area contributed by atoms with E-state index in [1.807, 2.05) is 142 Å². The summed E-state index contributed by atoms with van der Waals surface area (Å²) in [6.45, 7) is 14.3. The van der Waals surface area contributed by atoms with E-state index in [4.69, 9.17) is 54.8 Å². The normalized spacial score (nSPS) is 11.0. The molecule has 13 rings (SSSR count). The van der Waals surface area contributed by atoms with Gasteiger partial charge < -0.3 is 53.9 Å². The Balaban J connectivity index is 0.000000156. The number of ether oxygens (including phenoxy) is 3. The number of fused-ring (bicyclic) bond motifs is 3. The highest BCUT2D eigenvalue weighted by Crippen LogP contribution is 2.41. The van der Waals surface area contributed by atoms with Gasteiger partial charge in [0.25, 0.3) is 17.4 Å². The van der Waals surface area contributed by atoms with Gasteiger partial charge in [-0.3, -0.25) is 0 Å². The Hall–Kier alpha value is -10.4. The van der Waals surface area contributed by atoms with Crippen LogP contribution in [-0.2, 0) is 19.3 Å². The molecule has 5 heterocycles. The number of benzene rings is 8. The van der Waals surface area contributed by atoms with Crippen LogP contribution in [-0.4, -0.2) is 93.2 Å². The summed E-state index contributed by atoms with van der Waals surface area (Å²) in [6, 6.07) is 50.7. The molecule has 514 valence electrons. The van der Waals surface area contributed by atoms with E-state index < -0.39 is 7.12 Å². The molecular weight excluding hydrogens is 1420 g/mol. The van der Waals surface area contributed by atoms with Gasteiger partial charge in [-0.1, -0.05) is 174 Å². The molecule has 13 aromatic rings. The number of tetrazole rings is 2. The van der Waals surface area contributed by atoms with Crippen LogP contribution in [0.2, 0.25) is 5.35 Å². The lowest BCUT2D eigenvalue weighted by molar-refractivity contribution is 0.316. The number of para-hydroxylation sites is 6. The number of oxazole rings is 3. The van der Waals surface area contributed by atoms with Crippen molar-refractivity contribution < 1.29 is 37.5 Å². The minimum Gasteiger partial charge on any atom is -0.491 e. The molecule has 0 aliphatic carbocycles. The summed E-state index contributed by atoms with van der Waals surface area (Å²) in [4.78, 5) is 13.0. The van der Waals surface area contributed by atoms with E-state index >= 15 is 0 Å². The molecule has 0 aliphatic heterocycles. The quantitative estimate of drug-likeness (QED) is 0.0178. The highest BCUT2D eigenvalue weighted by atomic mass is 79.9. The first kappa shape index (κ1) is 73.8. The average molecular weight is 1500 g/mol. The second-order valence-corrected chi connectivity index (χ2v) is 24.1. The highest BCUT2D eigenvalue weighted by molar-refractivity contribution is 9.10. The zero-order chi connectivity index (χ0) is 70.6. The first-order chi connectivity index (χ1) is 48.8. The molecule has 0 fully saturated rings. The van der Waals surface area contributed by atoms with Crippen molar-refractivity contribution in [3.63, 3.8) is 0 Å². The second-order valence-electron chi connectivity index (χ2n) is 21.9. The van der Waals surface area contributed by atoms with Gasteiger partial charge in [-0.15, -0.1) is 20.4 Å². The maximum absolute atomic E-state index is 9.07. The SMILES string of the molecule is C/C=C/Cc1cc(-c2ccccc2-c2nn[nH]n2)cc(Nc2nc3ccccc3o2)c1OCCC.C/C=C/Cc1cc(Br)cc(N)c1OCCC.C/C=C/Cc1cc(Br)cc(Nc2nc3ccccc3o2)c1OCCC.Clc1nc2ccccc2o1.OB(O)c1ccccc1-c1nn[nH]n1. The number of halogens is 3. The van der Waals surface area contributed by atoms with E-state index in [2.05, 4.69) is 168 Å². The van der Waals surface area contributed by atoms with Crippen LogP contribution in [0.4, 0.5) is 29.1 Å². The lowest BCUT2D eigenvalue weighted by atomic mass is 9.77. The smallest absolute Gasteiger partial charge is 0.489 e. The number of nitrogens with zero attached hydrogens (tertiary/aromatic N) is 9. The monoisotopic (exact) mass is 1490 g/mol. The molecule has 0 bridgehead atoms. The summed E-state index contributed by atoms with van der Waals surface area (Å²) >= 11 is 12.5. The van der Waals surface area contributed by atoms with Gasteiger partial charge in [0.1, 0.15) is 33.8 Å². The average Bonchev–Trinajstić information content (AvgIpc) is 1.08. The molecule has 0 amide bonds. The Morgan fingerprint density at radius 3 is 1.41 bits per heavy atom. The Morgan fingerprint density at radius 2 is 0.930 bits per heavy atom. The number of aromatic nitrogens is 11. The molecule has 0 aliphatic rings. The van der Waals surface area contributed by atoms with Crippen LogP contribution in [0.5, 0.6) is 17.2 Å². The fourth-order valence-corrected chi connectivity index (χ4v) is 11.2. The van der Waals surface area contributed by atoms with Crippen molar-refractivity contribution in [3.8, 4) is 51.2 Å². The summed E-state index contributed by atoms with van der Waals surface area (Å²) in [5.74, 6) is 3.32. The van der Waals surface area contributed by atoms with Crippen molar-refractivity contribution in [2.45, 2.75) is 80.1 Å². The summed E-state index contributed by atoms with van der Waals surface area (Å²) < 4.78 is 36.7. The number of hydrogen-bond donors (Lipinski definition) is 7. The molecule has 8 N–H and O–H groups in total. The molecule has 0 atom stereocenters. The van der Waals surface area contributed by atoms with Crippen LogP contribution in [0, 0.1) is 0 Å². The third-order valence-corrected chi connectivity index (χ3v) is 15.6. The number of nitrogen functional groups attached to an aromatic ring is 1. The summed E-state index contributed by atoms with van der Waals surface area (Å²) in [5, 5.41) is 52.9. The summed E-state index contributed by atoms with van der Waals surface area (Å²) in [5.41, 5.74) is 19.9. The van der Waals surface area contributed by atoms with E-state index in [9.17, 15) is 0 Å². The molecule has 0 radical (unpaired) electrons. The number of aromatic amines is 2. The Labute approximate surface area is 600 Å². The third kappa shape index (κ3) is 20.6. The highest BCUT2D eigenvalue weighted by Gasteiger charge is 2.21. The number of anilines is 5. The second kappa shape index (κ2) is 38.1. The lowest BCUT2D eigenvalue weighted by Gasteiger charge is -2.18. The molecule has 0 spiro atoms. The molecule has 0 saturated carbocycles. The predicted molar refractivity (Wildman–Crippen MR) is 404 cm³/mol. The van der Waals surface area contributed by atoms with E-state index in [0.717, 1.165) is 143 Å². The first-order valence-corrected chi connectivity index (χ1v) is 34.3. The van der Waals surface area contributed by atoms with E-state index in [1.165, 1.54) is 0 Å². The number of nitrogens with one attached hydrogen (secondary N) is 4. The van der Waals surface area contributed by atoms with E-state index in [-0.39, 0.29) is 5.35 Å². The van der Waals surface area contributed by atoms with Crippen molar-refractivity contribution in [1.29, 1.82) is 0 Å². The van der Waals surface area contributed by atoms with E-state index in [1.54, 1.807) is 24.3 Å². The maximum atomic E-state index is 9.07. The molecule has 22 nitrogen and oxygen atoms in total. The minimum absolute atomic E-state index is 0.196. The number of rotatable bonds is 23. The Bertz CT molecular complexity index is 4700. The molecule has 0 saturated heterocycles. The van der Waals surface area contributed by atoms with Crippen LogP contribution in [0.3, 0.4) is 0 Å². The van der Waals surface area contributed by atoms with Gasteiger partial charge in [-0.05, 0) is 171 Å². The molecule has 26 heteroatoms. The van der Waals surface area contributed by atoms with Crippen molar-refractivity contribution in [3.05, 3.63) is 225 Å². The first-order valence-electron chi connectivity index (χ1n) is 32.4. The topological polar surface area (TPSA) is 305 Å².